The predicted octanol–water partition coefficient (Wildman–Crippen LogP) is 2.82. The zero-order valence-electron chi connectivity index (χ0n) is 9.69. The topological polar surface area (TPSA) is 86.6 Å². The first-order chi connectivity index (χ1) is 8.88. The van der Waals surface area contributed by atoms with Crippen molar-refractivity contribution in [3.63, 3.8) is 0 Å². The third kappa shape index (κ3) is 2.93. The molecule has 1 aromatic carbocycles. The Hall–Kier alpha value is -1.46. The molecule has 0 aliphatic carbocycles. The van der Waals surface area contributed by atoms with Gasteiger partial charge in [-0.25, -0.2) is 4.79 Å². The van der Waals surface area contributed by atoms with E-state index < -0.39 is 23.9 Å². The molecule has 19 heavy (non-hydrogen) atoms. The molecule has 0 saturated heterocycles. The molecule has 1 aromatic rings. The fraction of sp³-hybridized carbons (Fsp3) is 0.333. The molecule has 1 aliphatic heterocycles. The second-order valence-corrected chi connectivity index (χ2v) is 5.26. The molecule has 0 amide bonds. The van der Waals surface area contributed by atoms with Crippen molar-refractivity contribution in [2.24, 2.45) is 0 Å². The highest BCUT2D eigenvalue weighted by molar-refractivity contribution is 6.35. The minimum Gasteiger partial charge on any atom is -0.481 e. The Morgan fingerprint density at radius 1 is 1.32 bits per heavy atom. The highest BCUT2D eigenvalue weighted by Crippen LogP contribution is 2.42. The van der Waals surface area contributed by atoms with Crippen molar-refractivity contribution in [1.29, 1.82) is 0 Å². The van der Waals surface area contributed by atoms with Gasteiger partial charge in [0.15, 0.2) is 0 Å². The van der Waals surface area contributed by atoms with Crippen LogP contribution in [0.5, 0.6) is 0 Å². The van der Waals surface area contributed by atoms with Crippen molar-refractivity contribution >= 4 is 40.8 Å². The van der Waals surface area contributed by atoms with E-state index in [1.54, 1.807) is 6.07 Å². The first kappa shape index (κ1) is 14.0. The van der Waals surface area contributed by atoms with E-state index in [0.717, 1.165) is 0 Å². The number of benzene rings is 1. The van der Waals surface area contributed by atoms with E-state index in [1.165, 1.54) is 6.07 Å². The molecule has 1 heterocycles. The van der Waals surface area contributed by atoms with Crippen LogP contribution >= 0.6 is 23.2 Å². The third-order valence-corrected chi connectivity index (χ3v) is 3.60. The third-order valence-electron chi connectivity index (χ3n) is 3.07. The number of hydrogen-bond donors (Lipinski definition) is 3. The normalized spacial score (nSPS) is 21.4. The fourth-order valence-corrected chi connectivity index (χ4v) is 2.97. The predicted molar refractivity (Wildman–Crippen MR) is 71.1 cm³/mol. The zero-order chi connectivity index (χ0) is 14.2. The molecular weight excluding hydrogens is 293 g/mol. The molecular formula is C12H11Cl2NO4. The molecule has 0 saturated carbocycles. The summed E-state index contributed by atoms with van der Waals surface area (Å²) in [4.78, 5) is 22.0. The van der Waals surface area contributed by atoms with Gasteiger partial charge in [-0.15, -0.1) is 0 Å². The molecule has 0 fully saturated rings. The van der Waals surface area contributed by atoms with Crippen LogP contribution in [0.2, 0.25) is 10.0 Å². The van der Waals surface area contributed by atoms with Crippen LogP contribution in [-0.4, -0.2) is 28.2 Å². The number of carboxylic acids is 2. The van der Waals surface area contributed by atoms with Gasteiger partial charge < -0.3 is 15.5 Å². The minimum atomic E-state index is -1.03. The summed E-state index contributed by atoms with van der Waals surface area (Å²) in [7, 11) is 0. The molecule has 7 heteroatoms. The van der Waals surface area contributed by atoms with Crippen LogP contribution in [0.1, 0.15) is 24.3 Å². The number of hydrogen-bond acceptors (Lipinski definition) is 3. The Morgan fingerprint density at radius 2 is 2.00 bits per heavy atom. The van der Waals surface area contributed by atoms with Gasteiger partial charge in [-0.2, -0.15) is 0 Å². The van der Waals surface area contributed by atoms with Crippen LogP contribution in [0, 0.1) is 0 Å². The second-order valence-electron chi connectivity index (χ2n) is 4.41. The summed E-state index contributed by atoms with van der Waals surface area (Å²) in [5.74, 6) is -2.47. The first-order valence-electron chi connectivity index (χ1n) is 5.58. The average Bonchev–Trinajstić information content (AvgIpc) is 2.26. The zero-order valence-corrected chi connectivity index (χ0v) is 11.2. The molecule has 2 atom stereocenters. The van der Waals surface area contributed by atoms with E-state index in [9.17, 15) is 9.59 Å². The Morgan fingerprint density at radius 3 is 2.58 bits per heavy atom. The standard InChI is InChI=1S/C12H11Cl2NO4/c13-6-3-7(14)11-5(2-10(16)17)1-9(12(18)19)15-8(11)4-6/h3-5,9,15H,1-2H2,(H,16,17)(H,18,19)/t5-,9-/m0/s1. The van der Waals surface area contributed by atoms with Crippen molar-refractivity contribution in [3.8, 4) is 0 Å². The van der Waals surface area contributed by atoms with Crippen molar-refractivity contribution in [2.45, 2.75) is 24.8 Å². The van der Waals surface area contributed by atoms with Crippen molar-refractivity contribution in [1.82, 2.24) is 0 Å². The van der Waals surface area contributed by atoms with Crippen LogP contribution in [0.25, 0.3) is 0 Å². The van der Waals surface area contributed by atoms with Crippen LogP contribution in [0.15, 0.2) is 12.1 Å². The van der Waals surface area contributed by atoms with Crippen LogP contribution in [0.4, 0.5) is 5.69 Å². The summed E-state index contributed by atoms with van der Waals surface area (Å²) in [5, 5.41) is 21.5. The molecule has 102 valence electrons. The van der Waals surface area contributed by atoms with E-state index >= 15 is 0 Å². The lowest BCUT2D eigenvalue weighted by Gasteiger charge is -2.31. The number of rotatable bonds is 3. The smallest absolute Gasteiger partial charge is 0.326 e. The Bertz CT molecular complexity index is 547. The van der Waals surface area contributed by atoms with Crippen LogP contribution in [0.3, 0.4) is 0 Å². The van der Waals surface area contributed by atoms with Gasteiger partial charge in [-0.3, -0.25) is 4.79 Å². The van der Waals surface area contributed by atoms with Gasteiger partial charge in [0.05, 0.1) is 6.42 Å². The van der Waals surface area contributed by atoms with Gasteiger partial charge in [-0.1, -0.05) is 23.2 Å². The maximum atomic E-state index is 11.1. The SMILES string of the molecule is O=C(O)C[C@@H]1C[C@@H](C(=O)O)Nc2cc(Cl)cc(Cl)c21. The summed E-state index contributed by atoms with van der Waals surface area (Å²) in [6, 6.07) is 2.25. The van der Waals surface area contributed by atoms with Crippen molar-refractivity contribution in [2.75, 3.05) is 5.32 Å². The number of nitrogens with one attached hydrogen (secondary N) is 1. The number of halogens is 2. The van der Waals surface area contributed by atoms with E-state index in [2.05, 4.69) is 5.32 Å². The minimum absolute atomic E-state index is 0.167. The van der Waals surface area contributed by atoms with Gasteiger partial charge >= 0.3 is 11.9 Å². The lowest BCUT2D eigenvalue weighted by Crippen LogP contribution is -2.35. The lowest BCUT2D eigenvalue weighted by molar-refractivity contribution is -0.140. The average molecular weight is 304 g/mol. The first-order valence-corrected chi connectivity index (χ1v) is 6.34. The van der Waals surface area contributed by atoms with Crippen molar-refractivity contribution < 1.29 is 19.8 Å². The number of carboxylic acid groups (broad SMARTS) is 2. The lowest BCUT2D eigenvalue weighted by atomic mass is 9.84. The Balaban J connectivity index is 2.46. The van der Waals surface area contributed by atoms with Crippen LogP contribution < -0.4 is 5.32 Å². The number of aliphatic carboxylic acids is 2. The van der Waals surface area contributed by atoms with Crippen LogP contribution in [-0.2, 0) is 9.59 Å². The molecule has 3 N–H and O–H groups in total. The maximum absolute atomic E-state index is 11.1. The second kappa shape index (κ2) is 5.27. The molecule has 0 unspecified atom stereocenters. The summed E-state index contributed by atoms with van der Waals surface area (Å²) in [5.41, 5.74) is 1.10. The Labute approximate surface area is 119 Å². The van der Waals surface area contributed by atoms with Gasteiger partial charge in [-0.05, 0) is 24.1 Å². The highest BCUT2D eigenvalue weighted by atomic mass is 35.5. The fourth-order valence-electron chi connectivity index (χ4n) is 2.33. The quantitative estimate of drug-likeness (QED) is 0.799. The van der Waals surface area contributed by atoms with E-state index in [4.69, 9.17) is 33.4 Å². The Kier molecular flexibility index (Phi) is 3.87. The molecule has 5 nitrogen and oxygen atoms in total. The number of carbonyl (C=O) groups is 2. The van der Waals surface area contributed by atoms with Gasteiger partial charge in [0.25, 0.3) is 0 Å². The number of anilines is 1. The summed E-state index contributed by atoms with van der Waals surface area (Å²) < 4.78 is 0. The molecule has 0 bridgehead atoms. The van der Waals surface area contributed by atoms with Crippen molar-refractivity contribution in [3.05, 3.63) is 27.7 Å². The van der Waals surface area contributed by atoms with E-state index in [-0.39, 0.29) is 12.8 Å². The molecule has 0 aromatic heterocycles. The van der Waals surface area contributed by atoms with Gasteiger partial charge in [0.2, 0.25) is 0 Å². The summed E-state index contributed by atoms with van der Waals surface area (Å²) in [6.45, 7) is 0. The largest absolute Gasteiger partial charge is 0.481 e. The van der Waals surface area contributed by atoms with Gasteiger partial charge in [0, 0.05) is 21.7 Å². The monoisotopic (exact) mass is 303 g/mol. The molecule has 2 rings (SSSR count). The summed E-state index contributed by atoms with van der Waals surface area (Å²) in [6.07, 6.45) is 0.00972. The summed E-state index contributed by atoms with van der Waals surface area (Å²) >= 11 is 12.0. The molecule has 0 radical (unpaired) electrons. The maximum Gasteiger partial charge on any atom is 0.326 e. The highest BCUT2D eigenvalue weighted by Gasteiger charge is 2.33. The molecule has 1 aliphatic rings. The molecule has 0 spiro atoms. The number of fused-ring (bicyclic) bond motifs is 1. The van der Waals surface area contributed by atoms with E-state index in [0.29, 0.717) is 21.3 Å². The van der Waals surface area contributed by atoms with E-state index in [1.807, 2.05) is 0 Å². The van der Waals surface area contributed by atoms with Gasteiger partial charge in [0.1, 0.15) is 6.04 Å².